The quantitative estimate of drug-likeness (QED) is 0.346. The minimum absolute atomic E-state index is 0. The van der Waals surface area contributed by atoms with Crippen LogP contribution < -0.4 is 10.6 Å². The number of aliphatic imine (C=N–C) groups is 1. The Morgan fingerprint density at radius 3 is 2.43 bits per heavy atom. The molecule has 0 heterocycles. The Morgan fingerprint density at radius 2 is 1.91 bits per heavy atom. The highest BCUT2D eigenvalue weighted by atomic mass is 127. The first-order valence-corrected chi connectivity index (χ1v) is 8.78. The number of nitrogens with zero attached hydrogens (tertiary/aromatic N) is 2. The van der Waals surface area contributed by atoms with Crippen LogP contribution in [0, 0.1) is 5.92 Å². The van der Waals surface area contributed by atoms with E-state index >= 15 is 0 Å². The van der Waals surface area contributed by atoms with Crippen LogP contribution >= 0.6 is 24.0 Å². The van der Waals surface area contributed by atoms with Crippen molar-refractivity contribution in [2.45, 2.75) is 58.0 Å². The van der Waals surface area contributed by atoms with Crippen molar-refractivity contribution < 1.29 is 4.74 Å². The summed E-state index contributed by atoms with van der Waals surface area (Å²) in [6.07, 6.45) is 6.85. The molecule has 23 heavy (non-hydrogen) atoms. The molecule has 1 aliphatic carbocycles. The van der Waals surface area contributed by atoms with E-state index in [4.69, 9.17) is 9.73 Å². The average molecular weight is 440 g/mol. The van der Waals surface area contributed by atoms with Gasteiger partial charge < -0.3 is 20.3 Å². The van der Waals surface area contributed by atoms with Crippen LogP contribution in [0.3, 0.4) is 0 Å². The molecule has 1 fully saturated rings. The molecule has 0 aliphatic heterocycles. The SMILES string of the molecule is CCNC(=NCC(C1CCCCC1)N(C)C)NC(C)COC.I. The van der Waals surface area contributed by atoms with Gasteiger partial charge in [0.1, 0.15) is 0 Å². The highest BCUT2D eigenvalue weighted by Gasteiger charge is 2.25. The first kappa shape index (κ1) is 22.9. The van der Waals surface area contributed by atoms with Crippen LogP contribution in [0.15, 0.2) is 4.99 Å². The van der Waals surface area contributed by atoms with E-state index in [2.05, 4.69) is 43.5 Å². The number of ether oxygens (including phenoxy) is 1. The van der Waals surface area contributed by atoms with Gasteiger partial charge >= 0.3 is 0 Å². The number of likely N-dealkylation sites (N-methyl/N-ethyl adjacent to an activating group) is 1. The van der Waals surface area contributed by atoms with E-state index in [-0.39, 0.29) is 30.0 Å². The van der Waals surface area contributed by atoms with Crippen molar-refractivity contribution in [3.63, 3.8) is 0 Å². The molecule has 1 rings (SSSR count). The predicted molar refractivity (Wildman–Crippen MR) is 110 cm³/mol. The van der Waals surface area contributed by atoms with Gasteiger partial charge in [-0.15, -0.1) is 24.0 Å². The molecule has 0 aromatic heterocycles. The topological polar surface area (TPSA) is 48.9 Å². The molecule has 6 heteroatoms. The predicted octanol–water partition coefficient (Wildman–Crippen LogP) is 2.70. The van der Waals surface area contributed by atoms with Crippen molar-refractivity contribution in [2.24, 2.45) is 10.9 Å². The van der Waals surface area contributed by atoms with Crippen LogP contribution in [-0.4, -0.2) is 63.8 Å². The lowest BCUT2D eigenvalue weighted by molar-refractivity contribution is 0.174. The van der Waals surface area contributed by atoms with E-state index in [9.17, 15) is 0 Å². The van der Waals surface area contributed by atoms with E-state index < -0.39 is 0 Å². The highest BCUT2D eigenvalue weighted by molar-refractivity contribution is 14.0. The lowest BCUT2D eigenvalue weighted by atomic mass is 9.83. The highest BCUT2D eigenvalue weighted by Crippen LogP contribution is 2.28. The van der Waals surface area contributed by atoms with Gasteiger partial charge in [-0.2, -0.15) is 0 Å². The third-order valence-corrected chi connectivity index (χ3v) is 4.44. The number of hydrogen-bond acceptors (Lipinski definition) is 3. The fourth-order valence-electron chi connectivity index (χ4n) is 3.28. The van der Waals surface area contributed by atoms with Crippen LogP contribution in [0.4, 0.5) is 0 Å². The number of halogens is 1. The Hall–Kier alpha value is -0.0800. The molecule has 1 saturated carbocycles. The first-order chi connectivity index (χ1) is 10.6. The van der Waals surface area contributed by atoms with Crippen molar-refractivity contribution in [1.82, 2.24) is 15.5 Å². The van der Waals surface area contributed by atoms with Crippen molar-refractivity contribution in [1.29, 1.82) is 0 Å². The number of rotatable bonds is 8. The monoisotopic (exact) mass is 440 g/mol. The van der Waals surface area contributed by atoms with Crippen LogP contribution in [0.25, 0.3) is 0 Å². The summed E-state index contributed by atoms with van der Waals surface area (Å²) in [5.74, 6) is 1.68. The zero-order valence-electron chi connectivity index (χ0n) is 15.6. The summed E-state index contributed by atoms with van der Waals surface area (Å²) in [6, 6.07) is 0.795. The van der Waals surface area contributed by atoms with E-state index in [0.717, 1.165) is 25.0 Å². The Morgan fingerprint density at radius 1 is 1.26 bits per heavy atom. The lowest BCUT2D eigenvalue weighted by Gasteiger charge is -2.34. The summed E-state index contributed by atoms with van der Waals surface area (Å²) < 4.78 is 5.19. The normalized spacial score (nSPS) is 19.1. The van der Waals surface area contributed by atoms with Crippen LogP contribution in [0.2, 0.25) is 0 Å². The summed E-state index contributed by atoms with van der Waals surface area (Å²) >= 11 is 0. The number of methoxy groups -OCH3 is 1. The van der Waals surface area contributed by atoms with Crippen LogP contribution in [-0.2, 0) is 4.74 Å². The van der Waals surface area contributed by atoms with Crippen molar-refractivity contribution >= 4 is 29.9 Å². The van der Waals surface area contributed by atoms with Gasteiger partial charge in [0.05, 0.1) is 13.2 Å². The Balaban J connectivity index is 0.00000484. The fraction of sp³-hybridized carbons (Fsp3) is 0.941. The van der Waals surface area contributed by atoms with Gasteiger partial charge in [0.15, 0.2) is 5.96 Å². The molecule has 1 aliphatic rings. The Bertz CT molecular complexity index is 320. The standard InChI is InChI=1S/C17H36N4O.HI/c1-6-18-17(20-14(2)13-22-5)19-12-16(21(3)4)15-10-8-7-9-11-15;/h14-16H,6-13H2,1-5H3,(H2,18,19,20);1H. The second-order valence-electron chi connectivity index (χ2n) is 6.65. The molecule has 2 atom stereocenters. The van der Waals surface area contributed by atoms with E-state index in [1.54, 1.807) is 7.11 Å². The number of nitrogens with one attached hydrogen (secondary N) is 2. The molecule has 0 radical (unpaired) electrons. The summed E-state index contributed by atoms with van der Waals surface area (Å²) in [6.45, 7) is 6.63. The minimum Gasteiger partial charge on any atom is -0.383 e. The van der Waals surface area contributed by atoms with Gasteiger partial charge in [-0.05, 0) is 46.7 Å². The van der Waals surface area contributed by atoms with Gasteiger partial charge in [0.2, 0.25) is 0 Å². The zero-order chi connectivity index (χ0) is 16.4. The van der Waals surface area contributed by atoms with Crippen LogP contribution in [0.5, 0.6) is 0 Å². The van der Waals surface area contributed by atoms with E-state index in [1.807, 2.05) is 0 Å². The molecule has 0 aromatic rings. The first-order valence-electron chi connectivity index (χ1n) is 8.78. The van der Waals surface area contributed by atoms with Crippen molar-refractivity contribution in [3.8, 4) is 0 Å². The molecule has 0 saturated heterocycles. The molecular formula is C17H37IN4O. The third-order valence-electron chi connectivity index (χ3n) is 4.44. The maximum absolute atomic E-state index is 5.19. The van der Waals surface area contributed by atoms with Gasteiger partial charge in [-0.25, -0.2) is 0 Å². The third kappa shape index (κ3) is 9.10. The molecule has 138 valence electrons. The number of hydrogen-bond donors (Lipinski definition) is 2. The van der Waals surface area contributed by atoms with Gasteiger partial charge in [0.25, 0.3) is 0 Å². The minimum atomic E-state index is 0. The lowest BCUT2D eigenvalue weighted by Crippen LogP contribution is -2.45. The molecule has 2 unspecified atom stereocenters. The summed E-state index contributed by atoms with van der Waals surface area (Å²) in [5.41, 5.74) is 0. The maximum atomic E-state index is 5.19. The Kier molecular flexibility index (Phi) is 13.2. The molecule has 5 nitrogen and oxygen atoms in total. The Labute approximate surface area is 160 Å². The second-order valence-corrected chi connectivity index (χ2v) is 6.65. The maximum Gasteiger partial charge on any atom is 0.191 e. The summed E-state index contributed by atoms with van der Waals surface area (Å²) in [7, 11) is 6.10. The smallest absolute Gasteiger partial charge is 0.191 e. The number of guanidine groups is 1. The summed E-state index contributed by atoms with van der Waals surface area (Å²) in [4.78, 5) is 7.18. The molecule has 0 bridgehead atoms. The summed E-state index contributed by atoms with van der Waals surface area (Å²) in [5, 5.41) is 6.75. The zero-order valence-corrected chi connectivity index (χ0v) is 17.9. The van der Waals surface area contributed by atoms with Crippen molar-refractivity contribution in [2.75, 3.05) is 40.9 Å². The molecule has 0 amide bonds. The largest absolute Gasteiger partial charge is 0.383 e. The molecule has 0 aromatic carbocycles. The van der Waals surface area contributed by atoms with Crippen molar-refractivity contribution in [3.05, 3.63) is 0 Å². The fourth-order valence-corrected chi connectivity index (χ4v) is 3.28. The van der Waals surface area contributed by atoms with Gasteiger partial charge in [-0.1, -0.05) is 19.3 Å². The van der Waals surface area contributed by atoms with E-state index in [0.29, 0.717) is 12.6 Å². The molecule has 2 N–H and O–H groups in total. The molecular weight excluding hydrogens is 403 g/mol. The van der Waals surface area contributed by atoms with Gasteiger partial charge in [0, 0.05) is 25.7 Å². The van der Waals surface area contributed by atoms with Crippen LogP contribution in [0.1, 0.15) is 46.0 Å². The molecule has 0 spiro atoms. The van der Waals surface area contributed by atoms with Gasteiger partial charge in [-0.3, -0.25) is 4.99 Å². The average Bonchev–Trinajstić information content (AvgIpc) is 2.48. The van der Waals surface area contributed by atoms with E-state index in [1.165, 1.54) is 32.1 Å². The second kappa shape index (κ2) is 13.2.